The molecule has 1 amide bonds. The number of rotatable bonds is 6. The smallest absolute Gasteiger partial charge is 0.260 e. The van der Waals surface area contributed by atoms with E-state index in [1.165, 1.54) is 11.3 Å². The van der Waals surface area contributed by atoms with Crippen LogP contribution < -0.4 is 19.1 Å². The van der Waals surface area contributed by atoms with Gasteiger partial charge in [0.25, 0.3) is 5.91 Å². The van der Waals surface area contributed by atoms with Crippen molar-refractivity contribution in [1.82, 2.24) is 9.97 Å². The lowest BCUT2D eigenvalue weighted by Gasteiger charge is -2.20. The molecule has 0 atom stereocenters. The molecule has 35 heavy (non-hydrogen) atoms. The highest BCUT2D eigenvalue weighted by molar-refractivity contribution is 7.22. The van der Waals surface area contributed by atoms with Crippen LogP contribution in [0.15, 0.2) is 91.3 Å². The molecule has 8 heteroatoms. The van der Waals surface area contributed by atoms with Gasteiger partial charge in [0.05, 0.1) is 16.8 Å². The zero-order chi connectivity index (χ0) is 23.6. The first-order valence-electron chi connectivity index (χ1n) is 11.0. The highest BCUT2D eigenvalue weighted by Gasteiger charge is 2.24. The summed E-state index contributed by atoms with van der Waals surface area (Å²) in [7, 11) is 0. The molecule has 3 heterocycles. The molecule has 0 aliphatic carbocycles. The summed E-state index contributed by atoms with van der Waals surface area (Å²) >= 11 is 1.43. The second kappa shape index (κ2) is 9.08. The largest absolute Gasteiger partial charge is 0.457 e. The van der Waals surface area contributed by atoms with Gasteiger partial charge in [-0.1, -0.05) is 35.6 Å². The van der Waals surface area contributed by atoms with Crippen LogP contribution in [0.25, 0.3) is 10.2 Å². The molecular formula is C27H19N3O4S. The molecule has 3 aromatic carbocycles. The molecule has 0 radical (unpaired) electrons. The molecule has 2 aromatic heterocycles. The maximum Gasteiger partial charge on any atom is 0.260 e. The van der Waals surface area contributed by atoms with Crippen molar-refractivity contribution in [2.45, 2.75) is 6.54 Å². The fourth-order valence-corrected chi connectivity index (χ4v) is 4.74. The number of aromatic nitrogens is 2. The van der Waals surface area contributed by atoms with Crippen LogP contribution in [0.1, 0.15) is 15.9 Å². The zero-order valence-corrected chi connectivity index (χ0v) is 19.3. The first kappa shape index (κ1) is 21.1. The Kier molecular flexibility index (Phi) is 5.48. The van der Waals surface area contributed by atoms with E-state index in [2.05, 4.69) is 4.98 Å². The Morgan fingerprint density at radius 1 is 0.943 bits per heavy atom. The molecule has 0 spiro atoms. The minimum Gasteiger partial charge on any atom is -0.457 e. The molecule has 0 saturated heterocycles. The van der Waals surface area contributed by atoms with Gasteiger partial charge < -0.3 is 14.2 Å². The second-order valence-electron chi connectivity index (χ2n) is 7.86. The number of para-hydroxylation sites is 1. The number of hydrogen-bond donors (Lipinski definition) is 0. The maximum absolute atomic E-state index is 13.7. The van der Waals surface area contributed by atoms with Crippen molar-refractivity contribution in [1.29, 1.82) is 0 Å². The summed E-state index contributed by atoms with van der Waals surface area (Å²) in [6, 6.07) is 24.2. The minimum absolute atomic E-state index is 0.167. The molecule has 6 rings (SSSR count). The van der Waals surface area contributed by atoms with Crippen LogP contribution in [0.4, 0.5) is 5.13 Å². The van der Waals surface area contributed by atoms with Crippen molar-refractivity contribution in [2.75, 3.05) is 11.7 Å². The van der Waals surface area contributed by atoms with E-state index >= 15 is 0 Å². The van der Waals surface area contributed by atoms with Crippen LogP contribution in [-0.2, 0) is 6.54 Å². The fourth-order valence-electron chi connectivity index (χ4n) is 3.77. The van der Waals surface area contributed by atoms with Crippen LogP contribution in [-0.4, -0.2) is 22.7 Å². The van der Waals surface area contributed by atoms with Crippen molar-refractivity contribution in [2.24, 2.45) is 0 Å². The van der Waals surface area contributed by atoms with Gasteiger partial charge in [-0.05, 0) is 48.0 Å². The third-order valence-electron chi connectivity index (χ3n) is 5.49. The monoisotopic (exact) mass is 481 g/mol. The van der Waals surface area contributed by atoms with Gasteiger partial charge in [-0.25, -0.2) is 4.98 Å². The summed E-state index contributed by atoms with van der Waals surface area (Å²) < 4.78 is 17.8. The third kappa shape index (κ3) is 4.39. The quantitative estimate of drug-likeness (QED) is 0.294. The van der Waals surface area contributed by atoms with Crippen molar-refractivity contribution < 1.29 is 19.0 Å². The molecule has 1 aliphatic heterocycles. The number of carbonyl (C=O) groups is 1. The first-order chi connectivity index (χ1) is 17.2. The van der Waals surface area contributed by atoms with Crippen molar-refractivity contribution in [3.05, 3.63) is 102 Å². The highest BCUT2D eigenvalue weighted by atomic mass is 32.1. The number of pyridine rings is 1. The van der Waals surface area contributed by atoms with Crippen LogP contribution in [0.5, 0.6) is 23.0 Å². The van der Waals surface area contributed by atoms with Crippen LogP contribution in [0.2, 0.25) is 0 Å². The average Bonchev–Trinajstić information content (AvgIpc) is 3.53. The first-order valence-corrected chi connectivity index (χ1v) is 11.8. The molecule has 172 valence electrons. The number of thiazole rings is 1. The number of carbonyl (C=O) groups excluding carboxylic acids is 1. The van der Waals surface area contributed by atoms with E-state index in [1.54, 1.807) is 41.6 Å². The van der Waals surface area contributed by atoms with Gasteiger partial charge in [0.1, 0.15) is 11.5 Å². The Morgan fingerprint density at radius 3 is 2.49 bits per heavy atom. The predicted molar refractivity (Wildman–Crippen MR) is 133 cm³/mol. The van der Waals surface area contributed by atoms with E-state index in [-0.39, 0.29) is 12.7 Å². The van der Waals surface area contributed by atoms with Gasteiger partial charge in [-0.2, -0.15) is 0 Å². The fraction of sp³-hybridized carbons (Fsp3) is 0.0741. The molecule has 0 N–H and O–H groups in total. The molecule has 5 aromatic rings. The lowest BCUT2D eigenvalue weighted by Crippen LogP contribution is -2.30. The normalized spacial score (nSPS) is 12.0. The number of amides is 1. The van der Waals surface area contributed by atoms with Crippen LogP contribution in [0.3, 0.4) is 0 Å². The average molecular weight is 482 g/mol. The van der Waals surface area contributed by atoms with Crippen LogP contribution >= 0.6 is 11.3 Å². The van der Waals surface area contributed by atoms with Gasteiger partial charge in [0.15, 0.2) is 16.6 Å². The van der Waals surface area contributed by atoms with Crippen molar-refractivity contribution in [3.63, 3.8) is 0 Å². The standard InChI is InChI=1S/C27H19N3O4S/c31-26(19-8-10-21(11-9-19)34-20-6-2-1-3-7-20)30(16-18-5-4-12-28-15-18)27-29-22-13-23-24(33-17-32-23)14-25(22)35-27/h1-15H,16-17H2. The van der Waals surface area contributed by atoms with Gasteiger partial charge in [-0.3, -0.25) is 14.7 Å². The summed E-state index contributed by atoms with van der Waals surface area (Å²) in [5, 5.41) is 0.585. The van der Waals surface area contributed by atoms with E-state index < -0.39 is 0 Å². The summed E-state index contributed by atoms with van der Waals surface area (Å²) in [4.78, 5) is 24.3. The minimum atomic E-state index is -0.167. The Bertz CT molecular complexity index is 1450. The van der Waals surface area contributed by atoms with E-state index in [4.69, 9.17) is 19.2 Å². The Hall–Kier alpha value is -4.43. The molecule has 0 fully saturated rings. The molecule has 1 aliphatic rings. The predicted octanol–water partition coefficient (Wildman–Crippen LogP) is 6.06. The maximum atomic E-state index is 13.7. The number of anilines is 1. The Balaban J connectivity index is 1.32. The SMILES string of the molecule is O=C(c1ccc(Oc2ccccc2)cc1)N(Cc1cccnc1)c1nc2cc3c(cc2s1)OCO3. The summed E-state index contributed by atoms with van der Waals surface area (Å²) in [5.41, 5.74) is 2.19. The van der Waals surface area contributed by atoms with Crippen molar-refractivity contribution >= 4 is 32.6 Å². The number of fused-ring (bicyclic) bond motifs is 2. The van der Waals surface area contributed by atoms with E-state index in [1.807, 2.05) is 54.6 Å². The van der Waals surface area contributed by atoms with Gasteiger partial charge in [0.2, 0.25) is 6.79 Å². The lowest BCUT2D eigenvalue weighted by atomic mass is 10.1. The summed E-state index contributed by atoms with van der Waals surface area (Å²) in [6.45, 7) is 0.538. The number of nitrogens with zero attached hydrogens (tertiary/aromatic N) is 3. The molecule has 0 saturated carbocycles. The summed E-state index contributed by atoms with van der Waals surface area (Å²) in [6.07, 6.45) is 3.46. The Labute approximate surface area is 205 Å². The Morgan fingerprint density at radius 2 is 1.71 bits per heavy atom. The number of benzene rings is 3. The molecule has 7 nitrogen and oxygen atoms in total. The van der Waals surface area contributed by atoms with Gasteiger partial charge >= 0.3 is 0 Å². The van der Waals surface area contributed by atoms with E-state index in [0.29, 0.717) is 34.5 Å². The molecule has 0 bridgehead atoms. The molecule has 0 unspecified atom stereocenters. The lowest BCUT2D eigenvalue weighted by molar-refractivity contribution is 0.0985. The van der Waals surface area contributed by atoms with Gasteiger partial charge in [0, 0.05) is 30.1 Å². The number of ether oxygens (including phenoxy) is 3. The van der Waals surface area contributed by atoms with E-state index in [0.717, 1.165) is 21.5 Å². The highest BCUT2D eigenvalue weighted by Crippen LogP contribution is 2.40. The van der Waals surface area contributed by atoms with Gasteiger partial charge in [-0.15, -0.1) is 0 Å². The third-order valence-corrected chi connectivity index (χ3v) is 6.53. The summed E-state index contributed by atoms with van der Waals surface area (Å²) in [5.74, 6) is 2.57. The van der Waals surface area contributed by atoms with Crippen LogP contribution in [0, 0.1) is 0 Å². The topological polar surface area (TPSA) is 73.8 Å². The van der Waals surface area contributed by atoms with E-state index in [9.17, 15) is 4.79 Å². The molecular weight excluding hydrogens is 462 g/mol. The zero-order valence-electron chi connectivity index (χ0n) is 18.5. The number of hydrogen-bond acceptors (Lipinski definition) is 7. The van der Waals surface area contributed by atoms with Crippen molar-refractivity contribution in [3.8, 4) is 23.0 Å². The second-order valence-corrected chi connectivity index (χ2v) is 8.87.